The summed E-state index contributed by atoms with van der Waals surface area (Å²) in [5.41, 5.74) is 3.63. The van der Waals surface area contributed by atoms with Crippen molar-refractivity contribution in [3.63, 3.8) is 0 Å². The number of halogens is 1. The minimum atomic E-state index is 0.730. The second-order valence-corrected chi connectivity index (χ2v) is 6.37. The average molecular weight is 368 g/mol. The van der Waals surface area contributed by atoms with Gasteiger partial charge in [-0.15, -0.1) is 0 Å². The molecule has 4 nitrogen and oxygen atoms in total. The number of aromatic nitrogens is 2. The van der Waals surface area contributed by atoms with E-state index in [4.69, 9.17) is 4.42 Å². The van der Waals surface area contributed by atoms with Gasteiger partial charge in [0.15, 0.2) is 11.4 Å². The Balaban J connectivity index is 1.77. The zero-order valence-electron chi connectivity index (χ0n) is 12.5. The molecule has 0 radical (unpaired) electrons. The average Bonchev–Trinajstić information content (AvgIpc) is 2.95. The van der Waals surface area contributed by atoms with E-state index in [0.29, 0.717) is 0 Å². The molecule has 5 heteroatoms. The number of para-hydroxylation sites is 1. The first-order valence-corrected chi connectivity index (χ1v) is 8.09. The number of hydrogen-bond acceptors (Lipinski definition) is 4. The van der Waals surface area contributed by atoms with E-state index < -0.39 is 0 Å². The third kappa shape index (κ3) is 2.57. The fraction of sp³-hybridized carbons (Fsp3) is 0.111. The molecule has 114 valence electrons. The number of furan rings is 1. The fourth-order valence-electron chi connectivity index (χ4n) is 2.72. The highest BCUT2D eigenvalue weighted by Crippen LogP contribution is 2.32. The van der Waals surface area contributed by atoms with E-state index in [2.05, 4.69) is 42.9 Å². The lowest BCUT2D eigenvalue weighted by atomic mass is 10.2. The number of anilines is 1. The van der Waals surface area contributed by atoms with Crippen LogP contribution < -0.4 is 4.90 Å². The fourth-order valence-corrected chi connectivity index (χ4v) is 2.99. The quantitative estimate of drug-likeness (QED) is 0.522. The Morgan fingerprint density at radius 1 is 1.04 bits per heavy atom. The Hall–Kier alpha value is -2.40. The van der Waals surface area contributed by atoms with Crippen LogP contribution in [0.25, 0.3) is 22.1 Å². The first-order valence-electron chi connectivity index (χ1n) is 7.30. The van der Waals surface area contributed by atoms with E-state index in [1.165, 1.54) is 5.56 Å². The van der Waals surface area contributed by atoms with E-state index in [0.717, 1.165) is 38.9 Å². The minimum Gasteiger partial charge on any atom is -0.450 e. The summed E-state index contributed by atoms with van der Waals surface area (Å²) in [6.45, 7) is 0.746. The molecular formula is C18H14BrN3O. The van der Waals surface area contributed by atoms with Crippen molar-refractivity contribution in [3.05, 3.63) is 64.9 Å². The number of rotatable bonds is 3. The lowest BCUT2D eigenvalue weighted by molar-refractivity contribution is 0.662. The van der Waals surface area contributed by atoms with Gasteiger partial charge in [0.1, 0.15) is 17.4 Å². The SMILES string of the molecule is CN(Cc1ccc(Br)cc1)c1ncnc2c1oc1ccccc12. The van der Waals surface area contributed by atoms with Crippen LogP contribution in [0.1, 0.15) is 5.56 Å². The normalized spacial score (nSPS) is 11.2. The maximum atomic E-state index is 5.99. The number of benzene rings is 2. The van der Waals surface area contributed by atoms with Gasteiger partial charge < -0.3 is 9.32 Å². The molecule has 2 heterocycles. The van der Waals surface area contributed by atoms with Crippen LogP contribution in [0.15, 0.2) is 63.7 Å². The summed E-state index contributed by atoms with van der Waals surface area (Å²) >= 11 is 3.46. The van der Waals surface area contributed by atoms with Gasteiger partial charge in [0.05, 0.1) is 0 Å². The van der Waals surface area contributed by atoms with Crippen molar-refractivity contribution >= 4 is 43.8 Å². The summed E-state index contributed by atoms with van der Waals surface area (Å²) in [7, 11) is 2.01. The maximum absolute atomic E-state index is 5.99. The molecule has 4 aromatic rings. The third-order valence-corrected chi connectivity index (χ3v) is 4.36. The van der Waals surface area contributed by atoms with Crippen molar-refractivity contribution in [2.75, 3.05) is 11.9 Å². The van der Waals surface area contributed by atoms with Gasteiger partial charge in [-0.05, 0) is 29.8 Å². The van der Waals surface area contributed by atoms with Crippen LogP contribution in [0.3, 0.4) is 0 Å². The molecule has 2 aromatic carbocycles. The van der Waals surface area contributed by atoms with Crippen LogP contribution in [-0.2, 0) is 6.54 Å². The van der Waals surface area contributed by atoms with Gasteiger partial charge in [0.2, 0.25) is 0 Å². The number of fused-ring (bicyclic) bond motifs is 3. The zero-order valence-corrected chi connectivity index (χ0v) is 14.1. The van der Waals surface area contributed by atoms with Crippen LogP contribution in [0, 0.1) is 0 Å². The zero-order chi connectivity index (χ0) is 15.8. The van der Waals surface area contributed by atoms with Gasteiger partial charge in [0, 0.05) is 23.5 Å². The molecule has 0 aliphatic carbocycles. The highest BCUT2D eigenvalue weighted by Gasteiger charge is 2.15. The molecule has 4 rings (SSSR count). The summed E-state index contributed by atoms with van der Waals surface area (Å²) < 4.78 is 7.06. The van der Waals surface area contributed by atoms with Crippen molar-refractivity contribution in [1.29, 1.82) is 0 Å². The van der Waals surface area contributed by atoms with Gasteiger partial charge >= 0.3 is 0 Å². The van der Waals surface area contributed by atoms with Gasteiger partial charge in [-0.3, -0.25) is 0 Å². The highest BCUT2D eigenvalue weighted by atomic mass is 79.9. The second kappa shape index (κ2) is 5.66. The Bertz CT molecular complexity index is 979. The monoisotopic (exact) mass is 367 g/mol. The summed E-state index contributed by atoms with van der Waals surface area (Å²) in [5, 5.41) is 1.02. The minimum absolute atomic E-state index is 0.730. The van der Waals surface area contributed by atoms with Crippen molar-refractivity contribution in [3.8, 4) is 0 Å². The number of hydrogen-bond donors (Lipinski definition) is 0. The van der Waals surface area contributed by atoms with Crippen LogP contribution in [-0.4, -0.2) is 17.0 Å². The molecule has 0 fully saturated rings. The summed E-state index contributed by atoms with van der Waals surface area (Å²) in [6.07, 6.45) is 1.59. The van der Waals surface area contributed by atoms with E-state index in [-0.39, 0.29) is 0 Å². The lowest BCUT2D eigenvalue weighted by Gasteiger charge is -2.18. The van der Waals surface area contributed by atoms with Crippen molar-refractivity contribution < 1.29 is 4.42 Å². The Labute approximate surface area is 141 Å². The summed E-state index contributed by atoms with van der Waals surface area (Å²) in [6, 6.07) is 16.2. The molecule has 0 amide bonds. The van der Waals surface area contributed by atoms with E-state index in [1.807, 2.05) is 43.4 Å². The largest absolute Gasteiger partial charge is 0.450 e. The van der Waals surface area contributed by atoms with Gasteiger partial charge in [-0.2, -0.15) is 0 Å². The smallest absolute Gasteiger partial charge is 0.196 e. The Kier molecular flexibility index (Phi) is 3.50. The van der Waals surface area contributed by atoms with E-state index >= 15 is 0 Å². The predicted molar refractivity (Wildman–Crippen MR) is 95.6 cm³/mol. The van der Waals surface area contributed by atoms with Crippen LogP contribution >= 0.6 is 15.9 Å². The van der Waals surface area contributed by atoms with Crippen molar-refractivity contribution in [1.82, 2.24) is 9.97 Å². The molecule has 0 saturated carbocycles. The van der Waals surface area contributed by atoms with Gasteiger partial charge in [-0.1, -0.05) is 40.2 Å². The van der Waals surface area contributed by atoms with Gasteiger partial charge in [0.25, 0.3) is 0 Å². The van der Waals surface area contributed by atoms with Crippen LogP contribution in [0.2, 0.25) is 0 Å². The van der Waals surface area contributed by atoms with Crippen LogP contribution in [0.5, 0.6) is 0 Å². The molecule has 2 aromatic heterocycles. The Morgan fingerprint density at radius 3 is 2.65 bits per heavy atom. The Morgan fingerprint density at radius 2 is 1.83 bits per heavy atom. The molecule has 0 unspecified atom stereocenters. The molecule has 0 aliphatic rings. The standard InChI is InChI=1S/C18H14BrN3O/c1-22(10-12-6-8-13(19)9-7-12)18-17-16(20-11-21-18)14-4-2-3-5-15(14)23-17/h2-9,11H,10H2,1H3. The van der Waals surface area contributed by atoms with E-state index in [9.17, 15) is 0 Å². The molecule has 0 saturated heterocycles. The second-order valence-electron chi connectivity index (χ2n) is 5.46. The summed E-state index contributed by atoms with van der Waals surface area (Å²) in [4.78, 5) is 10.9. The molecule has 0 N–H and O–H groups in total. The van der Waals surface area contributed by atoms with Crippen LogP contribution in [0.4, 0.5) is 5.82 Å². The molecule has 0 bridgehead atoms. The topological polar surface area (TPSA) is 42.2 Å². The van der Waals surface area contributed by atoms with Gasteiger partial charge in [-0.25, -0.2) is 9.97 Å². The third-order valence-electron chi connectivity index (χ3n) is 3.83. The summed E-state index contributed by atoms with van der Waals surface area (Å²) in [5.74, 6) is 0.800. The molecule has 0 atom stereocenters. The molecule has 0 spiro atoms. The van der Waals surface area contributed by atoms with Crippen molar-refractivity contribution in [2.45, 2.75) is 6.54 Å². The van der Waals surface area contributed by atoms with Crippen molar-refractivity contribution in [2.24, 2.45) is 0 Å². The lowest BCUT2D eigenvalue weighted by Crippen LogP contribution is -2.17. The molecular weight excluding hydrogens is 354 g/mol. The highest BCUT2D eigenvalue weighted by molar-refractivity contribution is 9.10. The first-order chi connectivity index (χ1) is 11.2. The predicted octanol–water partition coefficient (Wildman–Crippen LogP) is 4.77. The van der Waals surface area contributed by atoms with E-state index in [1.54, 1.807) is 6.33 Å². The maximum Gasteiger partial charge on any atom is 0.196 e. The first kappa shape index (κ1) is 14.2. The number of nitrogens with zero attached hydrogens (tertiary/aromatic N) is 3. The molecule has 0 aliphatic heterocycles. The molecule has 23 heavy (non-hydrogen) atoms.